The van der Waals surface area contributed by atoms with Crippen molar-refractivity contribution >= 4 is 23.2 Å². The second-order valence-electron chi connectivity index (χ2n) is 4.18. The third kappa shape index (κ3) is 2.88. The van der Waals surface area contributed by atoms with Gasteiger partial charge in [0, 0.05) is 18.0 Å². The summed E-state index contributed by atoms with van der Waals surface area (Å²) in [6.45, 7) is 1.04. The van der Waals surface area contributed by atoms with E-state index in [1.165, 1.54) is 30.7 Å². The quantitative estimate of drug-likeness (QED) is 0.767. The van der Waals surface area contributed by atoms with Gasteiger partial charge in [0.1, 0.15) is 0 Å². The minimum Gasteiger partial charge on any atom is -0.261 e. The van der Waals surface area contributed by atoms with Crippen molar-refractivity contribution in [3.8, 4) is 11.3 Å². The molecule has 1 aromatic heterocycles. The third-order valence-corrected chi connectivity index (χ3v) is 3.81. The van der Waals surface area contributed by atoms with Crippen LogP contribution in [0.15, 0.2) is 30.7 Å². The predicted octanol–water partition coefficient (Wildman–Crippen LogP) is 5.12. The summed E-state index contributed by atoms with van der Waals surface area (Å²) in [4.78, 5) is 7.93. The van der Waals surface area contributed by atoms with Crippen LogP contribution in [0.3, 0.4) is 0 Å². The van der Waals surface area contributed by atoms with Crippen LogP contribution >= 0.6 is 23.2 Å². The molecule has 2 aromatic rings. The fraction of sp³-hybridized carbons (Fsp3) is 0.231. The molecule has 1 heterocycles. The zero-order chi connectivity index (χ0) is 14.9. The summed E-state index contributed by atoms with van der Waals surface area (Å²) >= 11 is 12.0. The molecule has 0 aliphatic carbocycles. The molecule has 0 saturated heterocycles. The first-order valence-electron chi connectivity index (χ1n) is 5.63. The molecule has 0 saturated carbocycles. The molecule has 0 fully saturated rings. The topological polar surface area (TPSA) is 25.8 Å². The molecule has 1 aromatic carbocycles. The molecule has 106 valence electrons. The number of aromatic nitrogens is 2. The zero-order valence-electron chi connectivity index (χ0n) is 10.2. The normalized spacial score (nSPS) is 13.3. The van der Waals surface area contributed by atoms with E-state index in [0.717, 1.165) is 6.92 Å². The summed E-state index contributed by atoms with van der Waals surface area (Å²) in [5.41, 5.74) is 0.838. The summed E-state index contributed by atoms with van der Waals surface area (Å²) < 4.78 is 38.2. The van der Waals surface area contributed by atoms with E-state index in [-0.39, 0.29) is 15.6 Å². The van der Waals surface area contributed by atoms with E-state index in [9.17, 15) is 13.2 Å². The van der Waals surface area contributed by atoms with Crippen LogP contribution in [0, 0.1) is 0 Å². The van der Waals surface area contributed by atoms with Crippen LogP contribution < -0.4 is 0 Å². The molecule has 0 aliphatic rings. The maximum Gasteiger partial charge on any atom is 0.395 e. The molecule has 2 rings (SSSR count). The predicted molar refractivity (Wildman–Crippen MR) is 72.0 cm³/mol. The Morgan fingerprint density at radius 3 is 2.35 bits per heavy atom. The second kappa shape index (κ2) is 5.58. The minimum atomic E-state index is -4.37. The van der Waals surface area contributed by atoms with Crippen molar-refractivity contribution in [2.24, 2.45) is 0 Å². The van der Waals surface area contributed by atoms with E-state index in [4.69, 9.17) is 23.2 Å². The molecular formula is C13H9Cl2F3N2. The lowest BCUT2D eigenvalue weighted by atomic mass is 9.98. The lowest BCUT2D eigenvalue weighted by Crippen LogP contribution is -2.18. The van der Waals surface area contributed by atoms with Crippen LogP contribution in [0.5, 0.6) is 0 Å². The van der Waals surface area contributed by atoms with Gasteiger partial charge in [0.05, 0.1) is 27.9 Å². The van der Waals surface area contributed by atoms with Gasteiger partial charge >= 0.3 is 6.18 Å². The first kappa shape index (κ1) is 15.1. The molecule has 0 aliphatic heterocycles. The largest absolute Gasteiger partial charge is 0.395 e. The van der Waals surface area contributed by atoms with Crippen molar-refractivity contribution in [2.75, 3.05) is 0 Å². The first-order chi connectivity index (χ1) is 9.32. The van der Waals surface area contributed by atoms with Gasteiger partial charge in [0.25, 0.3) is 0 Å². The van der Waals surface area contributed by atoms with Gasteiger partial charge in [-0.25, -0.2) is 0 Å². The standard InChI is InChI=1S/C13H9Cl2F3N2/c1-7(13(16,17)18)8-2-3-9(12(15)11(8)14)10-6-19-4-5-20-10/h2-7H,1H3. The SMILES string of the molecule is CC(c1ccc(-c2cnccn2)c(Cl)c1Cl)C(F)(F)F. The number of hydrogen-bond donors (Lipinski definition) is 0. The minimum absolute atomic E-state index is 0.0424. The van der Waals surface area contributed by atoms with Crippen molar-refractivity contribution < 1.29 is 13.2 Å². The van der Waals surface area contributed by atoms with E-state index in [2.05, 4.69) is 9.97 Å². The van der Waals surface area contributed by atoms with Gasteiger partial charge in [0.2, 0.25) is 0 Å². The van der Waals surface area contributed by atoms with E-state index in [1.54, 1.807) is 0 Å². The first-order valence-corrected chi connectivity index (χ1v) is 6.39. The van der Waals surface area contributed by atoms with Gasteiger partial charge in [-0.2, -0.15) is 13.2 Å². The van der Waals surface area contributed by atoms with Crippen molar-refractivity contribution in [2.45, 2.75) is 19.0 Å². The average Bonchev–Trinajstić information content (AvgIpc) is 2.41. The number of rotatable bonds is 2. The number of hydrogen-bond acceptors (Lipinski definition) is 2. The maximum atomic E-state index is 12.7. The Labute approximate surface area is 123 Å². The van der Waals surface area contributed by atoms with Crippen LogP contribution in [0.2, 0.25) is 10.0 Å². The number of benzene rings is 1. The van der Waals surface area contributed by atoms with Crippen LogP contribution in [0.25, 0.3) is 11.3 Å². The Bertz CT molecular complexity index is 615. The fourth-order valence-corrected chi connectivity index (χ4v) is 2.31. The molecular weight excluding hydrogens is 312 g/mol. The Morgan fingerprint density at radius 1 is 1.10 bits per heavy atom. The zero-order valence-corrected chi connectivity index (χ0v) is 11.8. The van der Waals surface area contributed by atoms with E-state index < -0.39 is 12.1 Å². The highest BCUT2D eigenvalue weighted by molar-refractivity contribution is 6.44. The van der Waals surface area contributed by atoms with E-state index >= 15 is 0 Å². The number of nitrogens with zero attached hydrogens (tertiary/aromatic N) is 2. The molecule has 0 amide bonds. The van der Waals surface area contributed by atoms with Crippen molar-refractivity contribution in [3.63, 3.8) is 0 Å². The highest BCUT2D eigenvalue weighted by Crippen LogP contribution is 2.42. The number of halogens is 5. The summed E-state index contributed by atoms with van der Waals surface area (Å²) in [6.07, 6.45) is 0.0381. The van der Waals surface area contributed by atoms with Crippen molar-refractivity contribution in [1.82, 2.24) is 9.97 Å². The van der Waals surface area contributed by atoms with Crippen molar-refractivity contribution in [3.05, 3.63) is 46.3 Å². The molecule has 0 spiro atoms. The van der Waals surface area contributed by atoms with Gasteiger partial charge in [0.15, 0.2) is 0 Å². The summed E-state index contributed by atoms with van der Waals surface area (Å²) in [5, 5.41) is -0.0691. The summed E-state index contributed by atoms with van der Waals surface area (Å²) in [5.74, 6) is -1.69. The molecule has 1 atom stereocenters. The Morgan fingerprint density at radius 2 is 1.80 bits per heavy atom. The van der Waals surface area contributed by atoms with Crippen molar-refractivity contribution in [1.29, 1.82) is 0 Å². The maximum absolute atomic E-state index is 12.7. The van der Waals surface area contributed by atoms with Crippen LogP contribution in [-0.4, -0.2) is 16.1 Å². The Kier molecular flexibility index (Phi) is 4.20. The molecule has 0 bridgehead atoms. The summed E-state index contributed by atoms with van der Waals surface area (Å²) in [7, 11) is 0. The fourth-order valence-electron chi connectivity index (χ4n) is 1.71. The van der Waals surface area contributed by atoms with Crippen LogP contribution in [0.4, 0.5) is 13.2 Å². The molecule has 2 nitrogen and oxygen atoms in total. The van der Waals surface area contributed by atoms with Gasteiger partial charge in [-0.1, -0.05) is 35.3 Å². The molecule has 20 heavy (non-hydrogen) atoms. The lowest BCUT2D eigenvalue weighted by Gasteiger charge is -2.18. The van der Waals surface area contributed by atoms with Gasteiger partial charge in [-0.3, -0.25) is 9.97 Å². The number of alkyl halides is 3. The molecule has 0 radical (unpaired) electrons. The highest BCUT2D eigenvalue weighted by atomic mass is 35.5. The van der Waals surface area contributed by atoms with Gasteiger partial charge in [-0.15, -0.1) is 0 Å². The van der Waals surface area contributed by atoms with Gasteiger partial charge < -0.3 is 0 Å². The lowest BCUT2D eigenvalue weighted by molar-refractivity contribution is -0.146. The molecule has 1 unspecified atom stereocenters. The average molecular weight is 321 g/mol. The van der Waals surface area contributed by atoms with Gasteiger partial charge in [-0.05, 0) is 12.5 Å². The van der Waals surface area contributed by atoms with E-state index in [0.29, 0.717) is 11.3 Å². The monoisotopic (exact) mass is 320 g/mol. The molecule has 7 heteroatoms. The Balaban J connectivity index is 2.51. The second-order valence-corrected chi connectivity index (χ2v) is 4.94. The highest BCUT2D eigenvalue weighted by Gasteiger charge is 2.38. The third-order valence-electron chi connectivity index (χ3n) is 2.91. The smallest absolute Gasteiger partial charge is 0.261 e. The van der Waals surface area contributed by atoms with Crippen LogP contribution in [0.1, 0.15) is 18.4 Å². The molecule has 0 N–H and O–H groups in total. The van der Waals surface area contributed by atoms with E-state index in [1.807, 2.05) is 0 Å². The van der Waals surface area contributed by atoms with Crippen LogP contribution in [-0.2, 0) is 0 Å². The Hall–Kier alpha value is -1.33. The summed E-state index contributed by atoms with van der Waals surface area (Å²) in [6, 6.07) is 2.78.